The van der Waals surface area contributed by atoms with E-state index in [2.05, 4.69) is 4.18 Å². The lowest BCUT2D eigenvalue weighted by Crippen LogP contribution is -2.55. The number of aliphatic hydroxyl groups is 3. The van der Waals surface area contributed by atoms with Gasteiger partial charge in [-0.25, -0.2) is 4.18 Å². The third-order valence-corrected chi connectivity index (χ3v) is 2.62. The number of hydrogen-bond acceptors (Lipinski definition) is 9. The van der Waals surface area contributed by atoms with Crippen LogP contribution in [0.3, 0.4) is 0 Å². The van der Waals surface area contributed by atoms with Crippen LogP contribution in [0, 0.1) is 0 Å². The van der Waals surface area contributed by atoms with Gasteiger partial charge in [-0.1, -0.05) is 0 Å². The number of carbonyl (C=O) groups excluding carboxylic acids is 2. The van der Waals surface area contributed by atoms with Gasteiger partial charge in [-0.2, -0.15) is 8.42 Å². The van der Waals surface area contributed by atoms with Crippen molar-refractivity contribution in [1.82, 2.24) is 0 Å². The normalized spacial score (nSPS) is 18.4. The van der Waals surface area contributed by atoms with Gasteiger partial charge in [-0.05, 0) is 0 Å². The Labute approximate surface area is 108 Å². The molecule has 6 N–H and O–H groups in total. The maximum Gasteiger partial charge on any atom is 0.397 e. The van der Waals surface area contributed by atoms with Crippen molar-refractivity contribution in [3.63, 3.8) is 0 Å². The highest BCUT2D eigenvalue weighted by Gasteiger charge is 2.39. The molecule has 0 aromatic heterocycles. The summed E-state index contributed by atoms with van der Waals surface area (Å²) in [5, 5.41) is 27.3. The molecule has 4 atom stereocenters. The number of nitrogens with two attached hydrogens (primary N) is 1. The highest BCUT2D eigenvalue weighted by Crippen LogP contribution is 2.12. The fraction of sp³-hybridized carbons (Fsp3) is 0.750. The maximum absolute atomic E-state index is 11.3. The van der Waals surface area contributed by atoms with E-state index in [0.29, 0.717) is 0 Å². The predicted molar refractivity (Wildman–Crippen MR) is 59.2 cm³/mol. The van der Waals surface area contributed by atoms with Crippen LogP contribution in [0.2, 0.25) is 0 Å². The van der Waals surface area contributed by atoms with Gasteiger partial charge in [0.15, 0.2) is 5.78 Å². The molecule has 10 nitrogen and oxygen atoms in total. The Bertz CT molecular complexity index is 434. The third kappa shape index (κ3) is 5.69. The molecule has 0 aromatic carbocycles. The molecule has 0 unspecified atom stereocenters. The average molecular weight is 301 g/mol. The second-order valence-corrected chi connectivity index (χ2v) is 4.72. The zero-order chi connectivity index (χ0) is 15.4. The predicted octanol–water partition coefficient (Wildman–Crippen LogP) is -3.63. The maximum atomic E-state index is 11.3. The van der Waals surface area contributed by atoms with Crippen LogP contribution in [0.5, 0.6) is 0 Å². The van der Waals surface area contributed by atoms with Crippen LogP contribution < -0.4 is 5.73 Å². The van der Waals surface area contributed by atoms with E-state index in [0.717, 1.165) is 6.92 Å². The fourth-order valence-electron chi connectivity index (χ4n) is 1.18. The van der Waals surface area contributed by atoms with E-state index in [1.807, 2.05) is 0 Å². The molecule has 0 aromatic rings. The second-order valence-electron chi connectivity index (χ2n) is 3.68. The summed E-state index contributed by atoms with van der Waals surface area (Å²) < 4.78 is 33.6. The molecule has 19 heavy (non-hydrogen) atoms. The molecule has 0 bridgehead atoms. The summed E-state index contributed by atoms with van der Waals surface area (Å²) in [4.78, 5) is 22.1. The fourth-order valence-corrected chi connectivity index (χ4v) is 1.69. The lowest BCUT2D eigenvalue weighted by molar-refractivity contribution is -0.140. The third-order valence-electron chi connectivity index (χ3n) is 2.15. The van der Waals surface area contributed by atoms with E-state index in [9.17, 15) is 23.1 Å². The summed E-state index contributed by atoms with van der Waals surface area (Å²) in [6, 6.07) is -1.95. The van der Waals surface area contributed by atoms with Crippen molar-refractivity contribution in [1.29, 1.82) is 0 Å². The Morgan fingerprint density at radius 3 is 2.11 bits per heavy atom. The standard InChI is InChI=1S/C8H15NO9S/c1-3(11)6(13)5(9)8(18-19(15,16)17)7(14)4(12)2-10/h4-5,7-8,10,12,14H,2,9H2,1H3,(H,15,16,17)/t4-,5+,7+,8-/m1/s1. The molecular formula is C8H15NO9S. The quantitative estimate of drug-likeness (QED) is 0.221. The van der Waals surface area contributed by atoms with E-state index in [1.54, 1.807) is 0 Å². The number of Topliss-reactive ketones (excluding diaryl/α,β-unsaturated/α-hetero) is 2. The zero-order valence-electron chi connectivity index (χ0n) is 9.83. The van der Waals surface area contributed by atoms with Crippen molar-refractivity contribution in [2.75, 3.05) is 6.61 Å². The largest absolute Gasteiger partial charge is 0.397 e. The van der Waals surface area contributed by atoms with Gasteiger partial charge in [0, 0.05) is 6.92 Å². The smallest absolute Gasteiger partial charge is 0.394 e. The molecular weight excluding hydrogens is 286 g/mol. The topological polar surface area (TPSA) is 184 Å². The Morgan fingerprint density at radius 1 is 1.32 bits per heavy atom. The molecule has 0 saturated carbocycles. The minimum absolute atomic E-state index is 0.849. The van der Waals surface area contributed by atoms with Crippen LogP contribution in [-0.4, -0.2) is 70.8 Å². The van der Waals surface area contributed by atoms with Crippen molar-refractivity contribution < 1.29 is 42.1 Å². The Kier molecular flexibility index (Phi) is 6.65. The summed E-state index contributed by atoms with van der Waals surface area (Å²) in [5.74, 6) is -2.32. The highest BCUT2D eigenvalue weighted by molar-refractivity contribution is 7.80. The summed E-state index contributed by atoms with van der Waals surface area (Å²) in [6.45, 7) is -0.144. The minimum Gasteiger partial charge on any atom is -0.394 e. The Hall–Kier alpha value is -0.950. The lowest BCUT2D eigenvalue weighted by Gasteiger charge is -2.27. The summed E-state index contributed by atoms with van der Waals surface area (Å²) in [6.07, 6.45) is -6.14. The van der Waals surface area contributed by atoms with E-state index in [4.69, 9.17) is 20.5 Å². The molecule has 0 aliphatic carbocycles. The number of rotatable bonds is 8. The Balaban J connectivity index is 5.27. The van der Waals surface area contributed by atoms with Gasteiger partial charge >= 0.3 is 10.4 Å². The van der Waals surface area contributed by atoms with Crippen LogP contribution in [0.25, 0.3) is 0 Å². The molecule has 0 radical (unpaired) electrons. The number of carbonyl (C=O) groups is 2. The summed E-state index contributed by atoms with van der Waals surface area (Å²) in [7, 11) is -5.11. The van der Waals surface area contributed by atoms with Gasteiger partial charge in [0.25, 0.3) is 0 Å². The lowest BCUT2D eigenvalue weighted by atomic mass is 9.97. The van der Waals surface area contributed by atoms with Crippen molar-refractivity contribution in [2.45, 2.75) is 31.3 Å². The first kappa shape index (κ1) is 18.0. The molecule has 112 valence electrons. The number of hydrogen-bond donors (Lipinski definition) is 5. The van der Waals surface area contributed by atoms with Gasteiger partial charge < -0.3 is 21.1 Å². The van der Waals surface area contributed by atoms with Gasteiger partial charge in [0.1, 0.15) is 24.4 Å². The van der Waals surface area contributed by atoms with Crippen molar-refractivity contribution >= 4 is 22.0 Å². The van der Waals surface area contributed by atoms with Gasteiger partial charge in [-0.15, -0.1) is 0 Å². The van der Waals surface area contributed by atoms with Gasteiger partial charge in [-0.3, -0.25) is 14.1 Å². The summed E-state index contributed by atoms with van der Waals surface area (Å²) in [5.41, 5.74) is 5.24. The van der Waals surface area contributed by atoms with Crippen molar-refractivity contribution in [2.24, 2.45) is 5.73 Å². The van der Waals surface area contributed by atoms with E-state index in [1.165, 1.54) is 0 Å². The van der Waals surface area contributed by atoms with Crippen molar-refractivity contribution in [3.05, 3.63) is 0 Å². The molecule has 0 amide bonds. The molecule has 0 spiro atoms. The highest BCUT2D eigenvalue weighted by atomic mass is 32.3. The zero-order valence-corrected chi connectivity index (χ0v) is 10.6. The van der Waals surface area contributed by atoms with E-state index < -0.39 is 52.9 Å². The van der Waals surface area contributed by atoms with E-state index >= 15 is 0 Å². The first-order chi connectivity index (χ1) is 8.51. The first-order valence-corrected chi connectivity index (χ1v) is 6.30. The van der Waals surface area contributed by atoms with Crippen LogP contribution in [-0.2, 0) is 24.2 Å². The van der Waals surface area contributed by atoms with Gasteiger partial charge in [0.2, 0.25) is 5.78 Å². The second kappa shape index (κ2) is 7.00. The molecule has 0 rings (SSSR count). The first-order valence-electron chi connectivity index (χ1n) is 4.94. The van der Waals surface area contributed by atoms with Gasteiger partial charge in [0.05, 0.1) is 6.61 Å². The number of ketones is 2. The van der Waals surface area contributed by atoms with Crippen LogP contribution in [0.1, 0.15) is 6.92 Å². The average Bonchev–Trinajstić information content (AvgIpc) is 2.30. The Morgan fingerprint density at radius 2 is 1.79 bits per heavy atom. The van der Waals surface area contributed by atoms with Crippen LogP contribution in [0.4, 0.5) is 0 Å². The number of aliphatic hydroxyl groups excluding tert-OH is 3. The minimum atomic E-state index is -5.11. The van der Waals surface area contributed by atoms with Crippen LogP contribution in [0.15, 0.2) is 0 Å². The monoisotopic (exact) mass is 301 g/mol. The SMILES string of the molecule is CC(=O)C(=O)[C@H](N)[C@@H](OS(=O)(=O)O)[C@@H](O)[C@H](O)CO. The molecule has 0 aliphatic rings. The molecule has 0 saturated heterocycles. The molecule has 0 heterocycles. The molecule has 0 aliphatic heterocycles. The molecule has 0 fully saturated rings. The summed E-state index contributed by atoms with van der Waals surface area (Å²) >= 11 is 0. The van der Waals surface area contributed by atoms with Crippen molar-refractivity contribution in [3.8, 4) is 0 Å². The van der Waals surface area contributed by atoms with Crippen LogP contribution >= 0.6 is 0 Å². The van der Waals surface area contributed by atoms with E-state index in [-0.39, 0.29) is 0 Å². The molecule has 11 heteroatoms.